The first-order valence-corrected chi connectivity index (χ1v) is 14.9. The molecule has 3 rings (SSSR count). The third-order valence-corrected chi connectivity index (χ3v) is 6.76. The monoisotopic (exact) mass is 682 g/mol. The predicted molar refractivity (Wildman–Crippen MR) is 172 cm³/mol. The number of rotatable bonds is 15. The lowest BCUT2D eigenvalue weighted by molar-refractivity contribution is -0.201. The van der Waals surface area contributed by atoms with E-state index in [-0.39, 0.29) is 18.2 Å². The Morgan fingerprint density at radius 1 is 0.714 bits per heavy atom. The molecule has 0 amide bonds. The molecule has 0 aliphatic rings. The number of aromatic nitrogens is 3. The summed E-state index contributed by atoms with van der Waals surface area (Å²) in [4.78, 5) is 76.3. The number of anilines is 1. The Hall–Kier alpha value is -5.80. The summed E-state index contributed by atoms with van der Waals surface area (Å²) in [6, 6.07) is 15.3. The number of carbonyl (C=O) groups excluding carboxylic acids is 5. The van der Waals surface area contributed by atoms with Gasteiger partial charge >= 0.3 is 29.8 Å². The Bertz CT molecular complexity index is 1690. The van der Waals surface area contributed by atoms with Crippen molar-refractivity contribution in [3.63, 3.8) is 0 Å². The Kier molecular flexibility index (Phi) is 13.4. The van der Waals surface area contributed by atoms with E-state index < -0.39 is 66.4 Å². The highest BCUT2D eigenvalue weighted by atomic mass is 16.6. The van der Waals surface area contributed by atoms with Crippen LogP contribution in [0.1, 0.15) is 34.6 Å². The average molecular weight is 683 g/mol. The van der Waals surface area contributed by atoms with Crippen LogP contribution >= 0.6 is 0 Å². The highest BCUT2D eigenvalue weighted by molar-refractivity contribution is 5.69. The summed E-state index contributed by atoms with van der Waals surface area (Å²) in [5.41, 5.74) is 0.405. The second-order valence-electron chi connectivity index (χ2n) is 10.7. The number of nitrogens with zero attached hydrogens (tertiary/aromatic N) is 4. The molecule has 0 aliphatic heterocycles. The van der Waals surface area contributed by atoms with E-state index in [2.05, 4.69) is 10.2 Å². The zero-order valence-corrected chi connectivity index (χ0v) is 28.1. The van der Waals surface area contributed by atoms with Crippen LogP contribution in [0.3, 0.4) is 0 Å². The fourth-order valence-electron chi connectivity index (χ4n) is 4.84. The first-order chi connectivity index (χ1) is 23.2. The van der Waals surface area contributed by atoms with Crippen LogP contribution in [0.4, 0.5) is 5.95 Å². The smallest absolute Gasteiger partial charge is 0.303 e. The van der Waals surface area contributed by atoms with Crippen molar-refractivity contribution in [1.82, 2.24) is 14.8 Å². The molecule has 0 spiro atoms. The highest BCUT2D eigenvalue weighted by Crippen LogP contribution is 2.24. The van der Waals surface area contributed by atoms with Crippen molar-refractivity contribution in [3.8, 4) is 22.7 Å². The molecule has 1 heterocycles. The van der Waals surface area contributed by atoms with Crippen LogP contribution in [0.5, 0.6) is 5.75 Å². The van der Waals surface area contributed by atoms with Gasteiger partial charge in [-0.3, -0.25) is 28.8 Å². The van der Waals surface area contributed by atoms with Gasteiger partial charge in [0, 0.05) is 47.2 Å². The van der Waals surface area contributed by atoms with E-state index in [9.17, 15) is 28.8 Å². The van der Waals surface area contributed by atoms with Gasteiger partial charge in [-0.15, -0.1) is 10.2 Å². The molecule has 0 aliphatic carbocycles. The van der Waals surface area contributed by atoms with Crippen LogP contribution in [0, 0.1) is 0 Å². The van der Waals surface area contributed by atoms with Crippen LogP contribution in [0.25, 0.3) is 16.9 Å². The SMILES string of the molecule is COc1ccc(-n2c(N(C)C[C@H](OC(C)=O)[C@@H](OC(C)=O)[C@H](OC(C)=O)[C@@H](COC(C)=O)OC(C)=O)nnc(-c3ccccc3)c2=O)cc1. The van der Waals surface area contributed by atoms with Crippen LogP contribution < -0.4 is 15.2 Å². The van der Waals surface area contributed by atoms with Crippen LogP contribution in [-0.2, 0) is 47.7 Å². The number of hydrogen-bond donors (Lipinski definition) is 0. The van der Waals surface area contributed by atoms with Gasteiger partial charge < -0.3 is 33.3 Å². The van der Waals surface area contributed by atoms with Crippen molar-refractivity contribution >= 4 is 35.8 Å². The number of benzene rings is 2. The second-order valence-corrected chi connectivity index (χ2v) is 10.7. The average Bonchev–Trinajstić information content (AvgIpc) is 3.04. The Morgan fingerprint density at radius 2 is 1.24 bits per heavy atom. The largest absolute Gasteiger partial charge is 0.497 e. The number of likely N-dealkylation sites (N-methyl/N-ethyl adjacent to an activating group) is 1. The summed E-state index contributed by atoms with van der Waals surface area (Å²) in [5, 5.41) is 8.56. The van der Waals surface area contributed by atoms with Crippen molar-refractivity contribution in [3.05, 3.63) is 65.0 Å². The highest BCUT2D eigenvalue weighted by Gasteiger charge is 2.44. The van der Waals surface area contributed by atoms with E-state index in [4.69, 9.17) is 28.4 Å². The number of hydrogen-bond acceptors (Lipinski definition) is 15. The number of ether oxygens (including phenoxy) is 6. The normalized spacial score (nSPS) is 13.1. The molecule has 4 atom stereocenters. The van der Waals surface area contributed by atoms with E-state index in [1.54, 1.807) is 54.6 Å². The van der Waals surface area contributed by atoms with E-state index in [1.165, 1.54) is 23.6 Å². The lowest BCUT2D eigenvalue weighted by atomic mass is 10.0. The van der Waals surface area contributed by atoms with Crippen molar-refractivity contribution in [2.45, 2.75) is 59.0 Å². The van der Waals surface area contributed by atoms with Crippen molar-refractivity contribution < 1.29 is 52.4 Å². The first kappa shape index (κ1) is 37.7. The van der Waals surface area contributed by atoms with Crippen molar-refractivity contribution in [2.24, 2.45) is 0 Å². The first-order valence-electron chi connectivity index (χ1n) is 14.9. The fraction of sp³-hybridized carbons (Fsp3) is 0.394. The standard InChI is InChI=1S/C33H38N4O12/c1-19(38)45-18-28(47-21(3)40)31(49-23(5)42)30(48-22(4)41)27(46-20(2)39)17-36(6)33-35-34-29(24-11-9-8-10-12-24)32(43)37(33)25-13-15-26(44-7)16-14-25/h8-16,27-28,30-31H,17-18H2,1-7H3/t27-,28+,30+,31+/m0/s1. The minimum absolute atomic E-state index is 0.0194. The molecular formula is C33H38N4O12. The Labute approximate surface area is 281 Å². The minimum atomic E-state index is -1.64. The molecule has 16 nitrogen and oxygen atoms in total. The molecule has 0 unspecified atom stereocenters. The molecule has 0 fully saturated rings. The lowest BCUT2D eigenvalue weighted by Gasteiger charge is -2.36. The molecule has 0 saturated carbocycles. The maximum Gasteiger partial charge on any atom is 0.303 e. The molecule has 0 saturated heterocycles. The van der Waals surface area contributed by atoms with Crippen LogP contribution in [0.2, 0.25) is 0 Å². The zero-order valence-electron chi connectivity index (χ0n) is 28.1. The maximum absolute atomic E-state index is 14.0. The third-order valence-electron chi connectivity index (χ3n) is 6.76. The summed E-state index contributed by atoms with van der Waals surface area (Å²) < 4.78 is 33.5. The summed E-state index contributed by atoms with van der Waals surface area (Å²) in [6.45, 7) is 4.45. The van der Waals surface area contributed by atoms with Crippen molar-refractivity contribution in [2.75, 3.05) is 32.2 Å². The summed E-state index contributed by atoms with van der Waals surface area (Å²) in [7, 11) is 3.01. The van der Waals surface area contributed by atoms with Gasteiger partial charge in [0.15, 0.2) is 30.1 Å². The minimum Gasteiger partial charge on any atom is -0.497 e. The topological polar surface area (TPSA) is 192 Å². The van der Waals surface area contributed by atoms with Gasteiger partial charge in [0.05, 0.1) is 19.3 Å². The van der Waals surface area contributed by atoms with Gasteiger partial charge in [-0.05, 0) is 24.3 Å². The molecule has 0 radical (unpaired) electrons. The molecule has 0 N–H and O–H groups in total. The Balaban J connectivity index is 2.19. The van der Waals surface area contributed by atoms with Gasteiger partial charge in [0.1, 0.15) is 12.4 Å². The molecular weight excluding hydrogens is 644 g/mol. The molecule has 0 bridgehead atoms. The van der Waals surface area contributed by atoms with E-state index in [0.29, 0.717) is 17.0 Å². The van der Waals surface area contributed by atoms with Crippen LogP contribution in [-0.4, -0.2) is 96.3 Å². The van der Waals surface area contributed by atoms with Gasteiger partial charge in [-0.25, -0.2) is 4.57 Å². The quantitative estimate of drug-likeness (QED) is 0.167. The molecule has 262 valence electrons. The van der Waals surface area contributed by atoms with Crippen LogP contribution in [0.15, 0.2) is 59.4 Å². The number of esters is 5. The molecule has 2 aromatic carbocycles. The van der Waals surface area contributed by atoms with Gasteiger partial charge in [0.25, 0.3) is 5.56 Å². The summed E-state index contributed by atoms with van der Waals surface area (Å²) in [5.74, 6) is -3.65. The fourth-order valence-corrected chi connectivity index (χ4v) is 4.84. The maximum atomic E-state index is 14.0. The van der Waals surface area contributed by atoms with Gasteiger partial charge in [0.2, 0.25) is 5.95 Å². The predicted octanol–water partition coefficient (Wildman–Crippen LogP) is 2.03. The molecule has 49 heavy (non-hydrogen) atoms. The summed E-state index contributed by atoms with van der Waals surface area (Å²) in [6.07, 6.45) is -6.23. The lowest BCUT2D eigenvalue weighted by Crippen LogP contribution is -2.55. The number of methoxy groups -OCH3 is 1. The summed E-state index contributed by atoms with van der Waals surface area (Å²) >= 11 is 0. The van der Waals surface area contributed by atoms with E-state index in [1.807, 2.05) is 0 Å². The van der Waals surface area contributed by atoms with Gasteiger partial charge in [-0.2, -0.15) is 0 Å². The van der Waals surface area contributed by atoms with Crippen molar-refractivity contribution in [1.29, 1.82) is 0 Å². The molecule has 16 heteroatoms. The van der Waals surface area contributed by atoms with Gasteiger partial charge in [-0.1, -0.05) is 30.3 Å². The van der Waals surface area contributed by atoms with E-state index >= 15 is 0 Å². The third kappa shape index (κ3) is 10.6. The molecule has 1 aromatic heterocycles. The Morgan fingerprint density at radius 3 is 1.76 bits per heavy atom. The zero-order chi connectivity index (χ0) is 36.2. The molecule has 3 aromatic rings. The second kappa shape index (κ2) is 17.4. The number of carbonyl (C=O) groups is 5. The van der Waals surface area contributed by atoms with E-state index in [0.717, 1.165) is 34.6 Å².